The van der Waals surface area contributed by atoms with E-state index >= 15 is 0 Å². The Morgan fingerprint density at radius 2 is 1.77 bits per heavy atom. The Morgan fingerprint density at radius 3 is 2.38 bits per heavy atom. The number of carbonyl (C=O) groups excluding carboxylic acids is 1. The van der Waals surface area contributed by atoms with E-state index in [2.05, 4.69) is 29.7 Å². The number of anilines is 1. The summed E-state index contributed by atoms with van der Waals surface area (Å²) in [5, 5.41) is 9.23. The van der Waals surface area contributed by atoms with Crippen LogP contribution in [0.5, 0.6) is 0 Å². The number of esters is 1. The molecule has 26 heavy (non-hydrogen) atoms. The lowest BCUT2D eigenvalue weighted by Gasteiger charge is -2.38. The molecule has 2 aliphatic rings. The Labute approximate surface area is 156 Å². The van der Waals surface area contributed by atoms with Crippen molar-refractivity contribution in [2.24, 2.45) is 5.92 Å². The first-order chi connectivity index (χ1) is 12.6. The minimum Gasteiger partial charge on any atom is -0.457 e. The van der Waals surface area contributed by atoms with Gasteiger partial charge < -0.3 is 9.64 Å². The summed E-state index contributed by atoms with van der Waals surface area (Å²) in [6.45, 7) is 8.62. The summed E-state index contributed by atoms with van der Waals surface area (Å²) in [5.41, 5.74) is 1.72. The molecule has 0 amide bonds. The summed E-state index contributed by atoms with van der Waals surface area (Å²) in [4.78, 5) is 17.3. The van der Waals surface area contributed by atoms with E-state index in [1.807, 2.05) is 24.3 Å². The Hall–Kier alpha value is -2.06. The summed E-state index contributed by atoms with van der Waals surface area (Å²) in [7, 11) is 0. The number of rotatable bonds is 4. The van der Waals surface area contributed by atoms with Crippen LogP contribution in [0.25, 0.3) is 0 Å². The molecule has 1 saturated carbocycles. The van der Waals surface area contributed by atoms with Gasteiger partial charge in [-0.2, -0.15) is 5.26 Å². The van der Waals surface area contributed by atoms with Gasteiger partial charge in [-0.25, -0.2) is 4.79 Å². The zero-order chi connectivity index (χ0) is 18.5. The maximum absolute atomic E-state index is 12.4. The highest BCUT2D eigenvalue weighted by molar-refractivity contribution is 5.90. The van der Waals surface area contributed by atoms with E-state index in [0.29, 0.717) is 11.6 Å². The Kier molecular flexibility index (Phi) is 6.16. The van der Waals surface area contributed by atoms with E-state index in [1.54, 1.807) is 0 Å². The third-order valence-electron chi connectivity index (χ3n) is 5.64. The first-order valence-electron chi connectivity index (χ1n) is 9.78. The molecule has 0 bridgehead atoms. The van der Waals surface area contributed by atoms with E-state index in [-0.39, 0.29) is 18.0 Å². The SMILES string of the molecule is CC(C)N1CCN(c2ccc(C(=O)O[C@H]3CCCC[C@@H]3C#N)cc2)CC1. The highest BCUT2D eigenvalue weighted by atomic mass is 16.5. The van der Waals surface area contributed by atoms with Gasteiger partial charge in [0.1, 0.15) is 6.10 Å². The quantitative estimate of drug-likeness (QED) is 0.774. The minimum atomic E-state index is -0.312. The Balaban J connectivity index is 1.57. The van der Waals surface area contributed by atoms with E-state index in [0.717, 1.165) is 57.5 Å². The highest BCUT2D eigenvalue weighted by Crippen LogP contribution is 2.27. The van der Waals surface area contributed by atoms with Crippen LogP contribution in [0.15, 0.2) is 24.3 Å². The second-order valence-corrected chi connectivity index (χ2v) is 7.63. The van der Waals surface area contributed by atoms with E-state index < -0.39 is 0 Å². The van der Waals surface area contributed by atoms with Gasteiger partial charge in [0.15, 0.2) is 0 Å². The lowest BCUT2D eigenvalue weighted by Crippen LogP contribution is -2.48. The average Bonchev–Trinajstić information content (AvgIpc) is 2.68. The third-order valence-corrected chi connectivity index (χ3v) is 5.64. The standard InChI is InChI=1S/C21H29N3O2/c1-16(2)23-11-13-24(14-12-23)19-9-7-17(8-10-19)21(25)26-20-6-4-3-5-18(20)15-22/h7-10,16,18,20H,3-6,11-14H2,1-2H3/t18-,20+/m1/s1. The van der Waals surface area contributed by atoms with Gasteiger partial charge >= 0.3 is 5.97 Å². The van der Waals surface area contributed by atoms with Crippen molar-refractivity contribution in [1.29, 1.82) is 5.26 Å². The van der Waals surface area contributed by atoms with Crippen molar-refractivity contribution < 1.29 is 9.53 Å². The highest BCUT2D eigenvalue weighted by Gasteiger charge is 2.28. The Morgan fingerprint density at radius 1 is 1.12 bits per heavy atom. The molecule has 140 valence electrons. The number of hydrogen-bond donors (Lipinski definition) is 0. The van der Waals surface area contributed by atoms with Crippen LogP contribution in [0.3, 0.4) is 0 Å². The molecule has 2 atom stereocenters. The molecule has 5 heteroatoms. The molecule has 0 spiro atoms. The molecule has 0 unspecified atom stereocenters. The van der Waals surface area contributed by atoms with Crippen molar-refractivity contribution in [3.05, 3.63) is 29.8 Å². The molecule has 0 radical (unpaired) electrons. The maximum Gasteiger partial charge on any atom is 0.338 e. The maximum atomic E-state index is 12.4. The summed E-state index contributed by atoms with van der Waals surface area (Å²) < 4.78 is 5.62. The molecule has 1 saturated heterocycles. The zero-order valence-corrected chi connectivity index (χ0v) is 15.9. The molecule has 0 N–H and O–H groups in total. The molecule has 2 fully saturated rings. The molecular formula is C21H29N3O2. The van der Waals surface area contributed by atoms with Crippen molar-refractivity contribution >= 4 is 11.7 Å². The van der Waals surface area contributed by atoms with Crippen molar-refractivity contribution in [2.45, 2.75) is 51.7 Å². The summed E-state index contributed by atoms with van der Waals surface area (Å²) in [6, 6.07) is 10.6. The number of ether oxygens (including phenoxy) is 1. The van der Waals surface area contributed by atoms with Crippen LogP contribution in [0.2, 0.25) is 0 Å². The third kappa shape index (κ3) is 4.37. The van der Waals surface area contributed by atoms with Crippen LogP contribution in [0.4, 0.5) is 5.69 Å². The number of nitriles is 1. The lowest BCUT2D eigenvalue weighted by molar-refractivity contribution is 0.0107. The van der Waals surface area contributed by atoms with Gasteiger partial charge in [0.05, 0.1) is 17.6 Å². The number of nitrogens with zero attached hydrogens (tertiary/aromatic N) is 3. The van der Waals surface area contributed by atoms with Crippen molar-refractivity contribution in [2.75, 3.05) is 31.1 Å². The molecule has 1 aromatic rings. The normalized spacial score (nSPS) is 24.3. The first kappa shape index (κ1) is 18.7. The van der Waals surface area contributed by atoms with Gasteiger partial charge in [0, 0.05) is 37.9 Å². The van der Waals surface area contributed by atoms with E-state index in [1.165, 1.54) is 0 Å². The lowest BCUT2D eigenvalue weighted by atomic mass is 9.87. The second kappa shape index (κ2) is 8.55. The average molecular weight is 355 g/mol. The van der Waals surface area contributed by atoms with Gasteiger partial charge in [-0.3, -0.25) is 4.90 Å². The fourth-order valence-electron chi connectivity index (χ4n) is 3.90. The van der Waals surface area contributed by atoms with E-state index in [4.69, 9.17) is 4.74 Å². The minimum absolute atomic E-state index is 0.163. The summed E-state index contributed by atoms with van der Waals surface area (Å²) in [6.07, 6.45) is 3.44. The van der Waals surface area contributed by atoms with Gasteiger partial charge in [0.25, 0.3) is 0 Å². The predicted octanol–water partition coefficient (Wildman–Crippen LogP) is 3.46. The van der Waals surface area contributed by atoms with Crippen LogP contribution in [-0.4, -0.2) is 49.2 Å². The molecule has 0 aromatic heterocycles. The predicted molar refractivity (Wildman–Crippen MR) is 102 cm³/mol. The number of benzene rings is 1. The number of piperazine rings is 1. The van der Waals surface area contributed by atoms with Gasteiger partial charge in [-0.1, -0.05) is 6.42 Å². The Bertz CT molecular complexity index is 642. The summed E-state index contributed by atoms with van der Waals surface area (Å²) in [5.74, 6) is -0.474. The fraction of sp³-hybridized carbons (Fsp3) is 0.619. The van der Waals surface area contributed by atoms with Crippen LogP contribution in [-0.2, 0) is 4.74 Å². The van der Waals surface area contributed by atoms with E-state index in [9.17, 15) is 10.1 Å². The number of carbonyl (C=O) groups is 1. The van der Waals surface area contributed by atoms with Gasteiger partial charge in [-0.15, -0.1) is 0 Å². The topological polar surface area (TPSA) is 56.6 Å². The van der Waals surface area contributed by atoms with Crippen LogP contribution in [0, 0.1) is 17.2 Å². The van der Waals surface area contributed by atoms with Crippen molar-refractivity contribution in [1.82, 2.24) is 4.90 Å². The monoisotopic (exact) mass is 355 g/mol. The second-order valence-electron chi connectivity index (χ2n) is 7.63. The van der Waals surface area contributed by atoms with Crippen molar-refractivity contribution in [3.63, 3.8) is 0 Å². The smallest absolute Gasteiger partial charge is 0.338 e. The zero-order valence-electron chi connectivity index (χ0n) is 15.9. The largest absolute Gasteiger partial charge is 0.457 e. The van der Waals surface area contributed by atoms with Gasteiger partial charge in [-0.05, 0) is 57.4 Å². The summed E-state index contributed by atoms with van der Waals surface area (Å²) >= 11 is 0. The molecular weight excluding hydrogens is 326 g/mol. The molecule has 1 aliphatic heterocycles. The van der Waals surface area contributed by atoms with Gasteiger partial charge in [0.2, 0.25) is 0 Å². The van der Waals surface area contributed by atoms with Crippen molar-refractivity contribution in [3.8, 4) is 6.07 Å². The molecule has 1 heterocycles. The van der Waals surface area contributed by atoms with Crippen LogP contribution < -0.4 is 4.90 Å². The molecule has 3 rings (SSSR count). The molecule has 1 aliphatic carbocycles. The van der Waals surface area contributed by atoms with Crippen LogP contribution >= 0.6 is 0 Å². The number of hydrogen-bond acceptors (Lipinski definition) is 5. The molecule has 5 nitrogen and oxygen atoms in total. The first-order valence-corrected chi connectivity index (χ1v) is 9.78. The van der Waals surface area contributed by atoms with Crippen LogP contribution in [0.1, 0.15) is 49.9 Å². The fourth-order valence-corrected chi connectivity index (χ4v) is 3.90. The molecule has 1 aromatic carbocycles.